The predicted molar refractivity (Wildman–Crippen MR) is 71.2 cm³/mol. The van der Waals surface area contributed by atoms with Gasteiger partial charge in [0, 0.05) is 13.0 Å². The van der Waals surface area contributed by atoms with Crippen molar-refractivity contribution in [1.82, 2.24) is 0 Å². The van der Waals surface area contributed by atoms with E-state index in [1.54, 1.807) is 14.2 Å². The first-order valence-electron chi connectivity index (χ1n) is 5.86. The number of aliphatic hydroxyl groups is 1. The summed E-state index contributed by atoms with van der Waals surface area (Å²) in [5.74, 6) is 1.40. The summed E-state index contributed by atoms with van der Waals surface area (Å²) in [6.45, 7) is 0.576. The predicted octanol–water partition coefficient (Wildman–Crippen LogP) is 2.68. The number of benzene rings is 1. The van der Waals surface area contributed by atoms with E-state index in [2.05, 4.69) is 15.9 Å². The van der Waals surface area contributed by atoms with E-state index in [0.717, 1.165) is 10.0 Å². The van der Waals surface area contributed by atoms with Crippen LogP contribution in [0.25, 0.3) is 0 Å². The fourth-order valence-electron chi connectivity index (χ4n) is 2.09. The molecule has 0 spiro atoms. The van der Waals surface area contributed by atoms with Crippen LogP contribution in [0.2, 0.25) is 0 Å². The lowest BCUT2D eigenvalue weighted by Crippen LogP contribution is -2.23. The Bertz CT molecular complexity index is 396. The third-order valence-electron chi connectivity index (χ3n) is 3.10. The van der Waals surface area contributed by atoms with Crippen molar-refractivity contribution in [2.75, 3.05) is 20.8 Å². The second kappa shape index (κ2) is 5.91. The average Bonchev–Trinajstić information content (AvgIpc) is 2.39. The van der Waals surface area contributed by atoms with Crippen molar-refractivity contribution in [3.05, 3.63) is 22.2 Å². The van der Waals surface area contributed by atoms with Crippen LogP contribution in [0.4, 0.5) is 0 Å². The van der Waals surface area contributed by atoms with Gasteiger partial charge in [-0.05, 0) is 40.0 Å². The minimum atomic E-state index is -0.301. The highest BCUT2D eigenvalue weighted by atomic mass is 79.9. The van der Waals surface area contributed by atoms with Gasteiger partial charge in [-0.1, -0.05) is 0 Å². The molecule has 1 aliphatic heterocycles. The molecule has 1 aliphatic rings. The van der Waals surface area contributed by atoms with Gasteiger partial charge in [-0.25, -0.2) is 0 Å². The molecule has 0 radical (unpaired) electrons. The van der Waals surface area contributed by atoms with Gasteiger partial charge >= 0.3 is 0 Å². The van der Waals surface area contributed by atoms with Crippen molar-refractivity contribution in [1.29, 1.82) is 0 Å². The van der Waals surface area contributed by atoms with Crippen molar-refractivity contribution in [2.45, 2.75) is 25.0 Å². The topological polar surface area (TPSA) is 47.9 Å². The summed E-state index contributed by atoms with van der Waals surface area (Å²) in [6.07, 6.45) is 0.893. The fourth-order valence-corrected chi connectivity index (χ4v) is 2.64. The highest BCUT2D eigenvalue weighted by molar-refractivity contribution is 9.10. The van der Waals surface area contributed by atoms with Crippen molar-refractivity contribution >= 4 is 15.9 Å². The van der Waals surface area contributed by atoms with E-state index in [1.807, 2.05) is 12.1 Å². The molecule has 2 unspecified atom stereocenters. The molecule has 0 saturated carbocycles. The molecular weight excluding hydrogens is 300 g/mol. The van der Waals surface area contributed by atoms with Crippen LogP contribution in [0, 0.1) is 0 Å². The molecule has 2 rings (SSSR count). The lowest BCUT2D eigenvalue weighted by molar-refractivity contribution is -0.0449. The molecule has 5 heteroatoms. The molecule has 1 aromatic rings. The van der Waals surface area contributed by atoms with Gasteiger partial charge in [-0.2, -0.15) is 0 Å². The summed E-state index contributed by atoms with van der Waals surface area (Å²) >= 11 is 3.43. The molecule has 1 aromatic carbocycles. The summed E-state index contributed by atoms with van der Waals surface area (Å²) in [4.78, 5) is 0. The minimum absolute atomic E-state index is 0.107. The number of hydrogen-bond donors (Lipinski definition) is 1. The number of halogens is 1. The molecule has 18 heavy (non-hydrogen) atoms. The summed E-state index contributed by atoms with van der Waals surface area (Å²) in [7, 11) is 3.22. The molecule has 1 saturated heterocycles. The quantitative estimate of drug-likeness (QED) is 0.931. The molecular formula is C13H17BrO4. The van der Waals surface area contributed by atoms with E-state index in [-0.39, 0.29) is 12.2 Å². The van der Waals surface area contributed by atoms with Gasteiger partial charge < -0.3 is 19.3 Å². The molecule has 0 bridgehead atoms. The van der Waals surface area contributed by atoms with Crippen LogP contribution in [-0.4, -0.2) is 32.0 Å². The average molecular weight is 317 g/mol. The summed E-state index contributed by atoms with van der Waals surface area (Å²) in [5, 5.41) is 9.70. The van der Waals surface area contributed by atoms with Crippen LogP contribution < -0.4 is 9.47 Å². The lowest BCUT2D eigenvalue weighted by Gasteiger charge is -2.27. The van der Waals surface area contributed by atoms with Crippen molar-refractivity contribution in [2.24, 2.45) is 0 Å². The first-order valence-corrected chi connectivity index (χ1v) is 6.66. The van der Waals surface area contributed by atoms with Crippen molar-refractivity contribution in [3.63, 3.8) is 0 Å². The van der Waals surface area contributed by atoms with Crippen LogP contribution in [-0.2, 0) is 4.74 Å². The normalized spacial score (nSPS) is 23.8. The summed E-state index contributed by atoms with van der Waals surface area (Å²) in [5.41, 5.74) is 0.964. The van der Waals surface area contributed by atoms with Crippen LogP contribution in [0.3, 0.4) is 0 Å². The molecule has 1 N–H and O–H groups in total. The Labute approximate surface area is 115 Å². The van der Waals surface area contributed by atoms with E-state index in [0.29, 0.717) is 30.9 Å². The molecule has 4 nitrogen and oxygen atoms in total. The fraction of sp³-hybridized carbons (Fsp3) is 0.538. The van der Waals surface area contributed by atoms with E-state index in [1.165, 1.54) is 0 Å². The van der Waals surface area contributed by atoms with Crippen molar-refractivity contribution < 1.29 is 19.3 Å². The van der Waals surface area contributed by atoms with Gasteiger partial charge in [-0.15, -0.1) is 0 Å². The van der Waals surface area contributed by atoms with E-state index >= 15 is 0 Å². The Morgan fingerprint density at radius 3 is 2.39 bits per heavy atom. The number of ether oxygens (including phenoxy) is 3. The molecule has 1 fully saturated rings. The van der Waals surface area contributed by atoms with Crippen LogP contribution in [0.5, 0.6) is 11.5 Å². The number of aliphatic hydroxyl groups excluding tert-OH is 1. The second-order valence-electron chi connectivity index (χ2n) is 4.28. The standard InChI is InChI=1S/C13H17BrO4/c1-16-11-5-8(6-12(17-2)13(11)14)10-7-9(15)3-4-18-10/h5-6,9-10,15H,3-4,7H2,1-2H3. The Hall–Kier alpha value is -0.780. The van der Waals surface area contributed by atoms with Crippen LogP contribution in [0.1, 0.15) is 24.5 Å². The lowest BCUT2D eigenvalue weighted by atomic mass is 9.99. The Morgan fingerprint density at radius 2 is 1.89 bits per heavy atom. The maximum absolute atomic E-state index is 9.70. The molecule has 0 aromatic heterocycles. The van der Waals surface area contributed by atoms with E-state index < -0.39 is 0 Å². The summed E-state index contributed by atoms with van der Waals surface area (Å²) in [6, 6.07) is 3.82. The molecule has 1 heterocycles. The number of rotatable bonds is 3. The van der Waals surface area contributed by atoms with Crippen molar-refractivity contribution in [3.8, 4) is 11.5 Å². The molecule has 0 amide bonds. The van der Waals surface area contributed by atoms with Gasteiger partial charge in [0.25, 0.3) is 0 Å². The number of hydrogen-bond acceptors (Lipinski definition) is 4. The van der Waals surface area contributed by atoms with Crippen LogP contribution in [0.15, 0.2) is 16.6 Å². The van der Waals surface area contributed by atoms with Gasteiger partial charge in [-0.3, -0.25) is 0 Å². The second-order valence-corrected chi connectivity index (χ2v) is 5.07. The van der Waals surface area contributed by atoms with Gasteiger partial charge in [0.05, 0.1) is 26.4 Å². The zero-order chi connectivity index (χ0) is 13.1. The zero-order valence-electron chi connectivity index (χ0n) is 10.5. The molecule has 100 valence electrons. The molecule has 0 aliphatic carbocycles. The Morgan fingerprint density at radius 1 is 1.28 bits per heavy atom. The van der Waals surface area contributed by atoms with Gasteiger partial charge in [0.1, 0.15) is 16.0 Å². The third kappa shape index (κ3) is 2.79. The van der Waals surface area contributed by atoms with Gasteiger partial charge in [0.15, 0.2) is 0 Å². The largest absolute Gasteiger partial charge is 0.495 e. The highest BCUT2D eigenvalue weighted by Gasteiger charge is 2.24. The minimum Gasteiger partial charge on any atom is -0.495 e. The highest BCUT2D eigenvalue weighted by Crippen LogP contribution is 2.39. The smallest absolute Gasteiger partial charge is 0.137 e. The zero-order valence-corrected chi connectivity index (χ0v) is 12.1. The first-order chi connectivity index (χ1) is 8.65. The Kier molecular flexibility index (Phi) is 4.48. The monoisotopic (exact) mass is 316 g/mol. The van der Waals surface area contributed by atoms with E-state index in [4.69, 9.17) is 14.2 Å². The summed E-state index contributed by atoms with van der Waals surface area (Å²) < 4.78 is 17.1. The number of methoxy groups -OCH3 is 2. The first kappa shape index (κ1) is 13.6. The van der Waals surface area contributed by atoms with Crippen LogP contribution >= 0.6 is 15.9 Å². The third-order valence-corrected chi connectivity index (χ3v) is 3.88. The Balaban J connectivity index is 2.32. The van der Waals surface area contributed by atoms with E-state index in [9.17, 15) is 5.11 Å². The molecule has 2 atom stereocenters. The maximum atomic E-state index is 9.70. The maximum Gasteiger partial charge on any atom is 0.137 e. The SMILES string of the molecule is COc1cc(C2CC(O)CCO2)cc(OC)c1Br. The van der Waals surface area contributed by atoms with Gasteiger partial charge in [0.2, 0.25) is 0 Å².